The second-order valence-electron chi connectivity index (χ2n) is 5.61. The van der Waals surface area contributed by atoms with Crippen LogP contribution in [-0.4, -0.2) is 18.9 Å². The van der Waals surface area contributed by atoms with E-state index >= 15 is 0 Å². The van der Waals surface area contributed by atoms with Crippen LogP contribution in [-0.2, 0) is 4.79 Å². The fourth-order valence-electron chi connectivity index (χ4n) is 2.18. The fraction of sp³-hybridized carbons (Fsp3) is 0.158. The van der Waals surface area contributed by atoms with Crippen molar-refractivity contribution >= 4 is 33.4 Å². The molecule has 6 nitrogen and oxygen atoms in total. The van der Waals surface area contributed by atoms with Gasteiger partial charge in [-0.2, -0.15) is 0 Å². The molecule has 0 bridgehead atoms. The molecule has 0 saturated carbocycles. The maximum absolute atomic E-state index is 12.2. The molecule has 0 saturated heterocycles. The Kier molecular flexibility index (Phi) is 6.80. The van der Waals surface area contributed by atoms with E-state index in [1.54, 1.807) is 38.3 Å². The molecule has 0 fully saturated rings. The molecule has 0 aromatic heterocycles. The number of hydrogen-bond acceptors (Lipinski definition) is 4. The molecule has 2 aromatic carbocycles. The highest BCUT2D eigenvalue weighted by Crippen LogP contribution is 2.25. The number of ether oxygens (including phenoxy) is 1. The van der Waals surface area contributed by atoms with E-state index in [9.17, 15) is 9.59 Å². The van der Waals surface area contributed by atoms with Gasteiger partial charge in [-0.3, -0.25) is 15.0 Å². The summed E-state index contributed by atoms with van der Waals surface area (Å²) < 4.78 is 6.04. The molecule has 26 heavy (non-hydrogen) atoms. The molecule has 0 aliphatic carbocycles. The quantitative estimate of drug-likeness (QED) is 0.495. The van der Waals surface area contributed by atoms with Crippen molar-refractivity contribution in [2.45, 2.75) is 13.8 Å². The van der Waals surface area contributed by atoms with Gasteiger partial charge in [0.25, 0.3) is 5.91 Å². The third-order valence-electron chi connectivity index (χ3n) is 3.42. The largest absolute Gasteiger partial charge is 0.495 e. The number of allylic oxidation sites excluding steroid dienone is 1. The van der Waals surface area contributed by atoms with Crippen LogP contribution < -0.4 is 20.9 Å². The summed E-state index contributed by atoms with van der Waals surface area (Å²) in [7, 11) is 1.54. The zero-order valence-electron chi connectivity index (χ0n) is 14.7. The number of hydrogen-bond donors (Lipinski definition) is 3. The van der Waals surface area contributed by atoms with E-state index in [4.69, 9.17) is 4.74 Å². The minimum absolute atomic E-state index is 0.306. The lowest BCUT2D eigenvalue weighted by atomic mass is 10.2. The van der Waals surface area contributed by atoms with Crippen LogP contribution in [0.3, 0.4) is 0 Å². The Bertz CT molecular complexity index is 850. The van der Waals surface area contributed by atoms with Crippen LogP contribution in [0.1, 0.15) is 22.8 Å². The van der Waals surface area contributed by atoms with Gasteiger partial charge in [0.2, 0.25) is 5.91 Å². The minimum atomic E-state index is -0.337. The van der Waals surface area contributed by atoms with Crippen LogP contribution in [0.2, 0.25) is 0 Å². The Morgan fingerprint density at radius 2 is 1.88 bits per heavy atom. The van der Waals surface area contributed by atoms with Gasteiger partial charge in [-0.1, -0.05) is 28.1 Å². The van der Waals surface area contributed by atoms with Crippen molar-refractivity contribution in [1.29, 1.82) is 0 Å². The van der Waals surface area contributed by atoms with Crippen LogP contribution in [0.25, 0.3) is 0 Å². The van der Waals surface area contributed by atoms with Crippen LogP contribution in [0.4, 0.5) is 5.69 Å². The molecule has 2 aromatic rings. The van der Waals surface area contributed by atoms with Crippen molar-refractivity contribution < 1.29 is 14.3 Å². The molecule has 2 rings (SSSR count). The predicted molar refractivity (Wildman–Crippen MR) is 105 cm³/mol. The van der Waals surface area contributed by atoms with Crippen molar-refractivity contribution in [3.05, 3.63) is 69.8 Å². The Labute approximate surface area is 160 Å². The first-order valence-electron chi connectivity index (χ1n) is 7.85. The number of benzene rings is 2. The number of aryl methyl sites for hydroxylation is 1. The smallest absolute Gasteiger partial charge is 0.269 e. The molecule has 0 spiro atoms. The first kappa shape index (κ1) is 19.5. The number of rotatable bonds is 6. The van der Waals surface area contributed by atoms with Crippen molar-refractivity contribution in [2.24, 2.45) is 0 Å². The number of hydrazine groups is 1. The SMILES string of the molecule is COc1ccc(C)cc1NC(=O)C=C(C)NNC(=O)c1cccc(Br)c1. The molecular formula is C19H20BrN3O3. The lowest BCUT2D eigenvalue weighted by molar-refractivity contribution is -0.112. The van der Waals surface area contributed by atoms with Crippen molar-refractivity contribution in [3.8, 4) is 5.75 Å². The van der Waals surface area contributed by atoms with Crippen LogP contribution in [0.15, 0.2) is 58.7 Å². The summed E-state index contributed by atoms with van der Waals surface area (Å²) in [4.78, 5) is 24.2. The van der Waals surface area contributed by atoms with E-state index in [1.165, 1.54) is 6.08 Å². The molecule has 0 aliphatic heterocycles. The number of anilines is 1. The predicted octanol–water partition coefficient (Wildman–Crippen LogP) is 3.54. The van der Waals surface area contributed by atoms with Gasteiger partial charge in [-0.05, 0) is 49.7 Å². The molecule has 0 unspecified atom stereocenters. The summed E-state index contributed by atoms with van der Waals surface area (Å²) in [5, 5.41) is 2.76. The van der Waals surface area contributed by atoms with Gasteiger partial charge in [0.05, 0.1) is 12.8 Å². The highest BCUT2D eigenvalue weighted by molar-refractivity contribution is 9.10. The van der Waals surface area contributed by atoms with Crippen molar-refractivity contribution in [1.82, 2.24) is 10.9 Å². The van der Waals surface area contributed by atoms with Gasteiger partial charge in [0.15, 0.2) is 0 Å². The molecule has 0 radical (unpaired) electrons. The second-order valence-corrected chi connectivity index (χ2v) is 6.53. The molecule has 2 amide bonds. The highest BCUT2D eigenvalue weighted by Gasteiger charge is 2.08. The Morgan fingerprint density at radius 3 is 2.58 bits per heavy atom. The van der Waals surface area contributed by atoms with Crippen molar-refractivity contribution in [3.63, 3.8) is 0 Å². The minimum Gasteiger partial charge on any atom is -0.495 e. The molecule has 0 atom stereocenters. The third kappa shape index (κ3) is 5.63. The fourth-order valence-corrected chi connectivity index (χ4v) is 2.58. The summed E-state index contributed by atoms with van der Waals surface area (Å²) in [6.45, 7) is 3.60. The first-order chi connectivity index (χ1) is 12.4. The summed E-state index contributed by atoms with van der Waals surface area (Å²) in [6.07, 6.45) is 1.35. The number of methoxy groups -OCH3 is 1. The van der Waals surface area contributed by atoms with E-state index in [2.05, 4.69) is 32.1 Å². The first-order valence-corrected chi connectivity index (χ1v) is 8.64. The number of halogens is 1. The normalized spacial score (nSPS) is 10.8. The summed E-state index contributed by atoms with van der Waals surface area (Å²) in [5.41, 5.74) is 7.82. The topological polar surface area (TPSA) is 79.5 Å². The Morgan fingerprint density at radius 1 is 1.12 bits per heavy atom. The van der Waals surface area contributed by atoms with Crippen LogP contribution in [0, 0.1) is 6.92 Å². The monoisotopic (exact) mass is 417 g/mol. The summed E-state index contributed by atoms with van der Waals surface area (Å²) >= 11 is 3.32. The molecule has 7 heteroatoms. The maximum Gasteiger partial charge on any atom is 0.269 e. The average Bonchev–Trinajstić information content (AvgIpc) is 2.59. The van der Waals surface area contributed by atoms with E-state index in [1.807, 2.05) is 25.1 Å². The number of nitrogens with one attached hydrogen (secondary N) is 3. The van der Waals surface area contributed by atoms with Gasteiger partial charge >= 0.3 is 0 Å². The number of carbonyl (C=O) groups is 2. The lowest BCUT2D eigenvalue weighted by Gasteiger charge is -2.11. The third-order valence-corrected chi connectivity index (χ3v) is 3.91. The standard InChI is InChI=1S/C19H20BrN3O3/c1-12-7-8-17(26-3)16(9-12)21-18(24)10-13(2)22-23-19(25)14-5-4-6-15(20)11-14/h4-11,22H,1-3H3,(H,21,24)(H,23,25). The summed E-state index contributed by atoms with van der Waals surface area (Å²) in [6, 6.07) is 12.5. The van der Waals surface area contributed by atoms with Gasteiger partial charge in [-0.25, -0.2) is 0 Å². The van der Waals surface area contributed by atoms with Crippen molar-refractivity contribution in [2.75, 3.05) is 12.4 Å². The van der Waals surface area contributed by atoms with E-state index in [0.717, 1.165) is 10.0 Å². The van der Waals surface area contributed by atoms with E-state index in [0.29, 0.717) is 22.7 Å². The maximum atomic E-state index is 12.2. The van der Waals surface area contributed by atoms with Gasteiger partial charge in [-0.15, -0.1) is 0 Å². The average molecular weight is 418 g/mol. The number of carbonyl (C=O) groups excluding carboxylic acids is 2. The van der Waals surface area contributed by atoms with E-state index < -0.39 is 0 Å². The molecule has 3 N–H and O–H groups in total. The van der Waals surface area contributed by atoms with E-state index in [-0.39, 0.29) is 11.8 Å². The molecular weight excluding hydrogens is 398 g/mol. The van der Waals surface area contributed by atoms with Crippen LogP contribution in [0.5, 0.6) is 5.75 Å². The van der Waals surface area contributed by atoms with Gasteiger partial charge < -0.3 is 15.5 Å². The zero-order valence-corrected chi connectivity index (χ0v) is 16.3. The second kappa shape index (κ2) is 9.05. The molecule has 0 aliphatic rings. The summed E-state index contributed by atoms with van der Waals surface area (Å²) in [5.74, 6) is -0.0682. The van der Waals surface area contributed by atoms with Crippen LogP contribution >= 0.6 is 15.9 Å². The molecule has 0 heterocycles. The Balaban J connectivity index is 1.95. The highest BCUT2D eigenvalue weighted by atomic mass is 79.9. The lowest BCUT2D eigenvalue weighted by Crippen LogP contribution is -2.36. The van der Waals surface area contributed by atoms with Gasteiger partial charge in [0, 0.05) is 21.8 Å². The van der Waals surface area contributed by atoms with Gasteiger partial charge in [0.1, 0.15) is 5.75 Å². The zero-order chi connectivity index (χ0) is 19.1. The molecule has 136 valence electrons. The Hall–Kier alpha value is -2.80. The number of amides is 2.